The van der Waals surface area contributed by atoms with Gasteiger partial charge in [-0.15, -0.1) is 0 Å². The van der Waals surface area contributed by atoms with Gasteiger partial charge in [-0.3, -0.25) is 9.52 Å². The molecule has 0 aromatic heterocycles. The molecule has 0 radical (unpaired) electrons. The normalized spacial score (nSPS) is 11.3. The Kier molecular flexibility index (Phi) is 5.81. The zero-order chi connectivity index (χ0) is 20.0. The van der Waals surface area contributed by atoms with Crippen LogP contribution < -0.4 is 10.1 Å². The van der Waals surface area contributed by atoms with Crippen molar-refractivity contribution in [2.45, 2.75) is 4.90 Å². The molecular formula is C20H16FN3O3S. The van der Waals surface area contributed by atoms with Gasteiger partial charge in [0.05, 0.1) is 11.1 Å². The smallest absolute Gasteiger partial charge is 0.271 e. The van der Waals surface area contributed by atoms with Crippen LogP contribution in [0.5, 0.6) is 0 Å². The summed E-state index contributed by atoms with van der Waals surface area (Å²) >= 11 is 0. The number of carbonyl (C=O) groups is 1. The number of halogens is 1. The highest BCUT2D eigenvalue weighted by Crippen LogP contribution is 2.16. The Morgan fingerprint density at radius 3 is 2.18 bits per heavy atom. The van der Waals surface area contributed by atoms with Crippen molar-refractivity contribution in [1.29, 1.82) is 0 Å². The van der Waals surface area contributed by atoms with E-state index in [-0.39, 0.29) is 10.7 Å². The van der Waals surface area contributed by atoms with Gasteiger partial charge >= 0.3 is 0 Å². The maximum Gasteiger partial charge on any atom is 0.271 e. The summed E-state index contributed by atoms with van der Waals surface area (Å²) in [6.45, 7) is 0. The largest absolute Gasteiger partial charge is 0.280 e. The van der Waals surface area contributed by atoms with E-state index < -0.39 is 15.9 Å². The van der Waals surface area contributed by atoms with E-state index in [4.69, 9.17) is 0 Å². The topological polar surface area (TPSA) is 87.6 Å². The van der Waals surface area contributed by atoms with Crippen molar-refractivity contribution in [3.05, 3.63) is 95.8 Å². The Labute approximate surface area is 161 Å². The maximum atomic E-state index is 12.8. The van der Waals surface area contributed by atoms with Gasteiger partial charge in [-0.2, -0.15) is 5.10 Å². The fourth-order valence-electron chi connectivity index (χ4n) is 2.28. The number of hydrogen-bond donors (Lipinski definition) is 2. The summed E-state index contributed by atoms with van der Waals surface area (Å²) in [6.07, 6.45) is 1.39. The van der Waals surface area contributed by atoms with E-state index in [0.29, 0.717) is 16.8 Å². The highest BCUT2D eigenvalue weighted by atomic mass is 32.2. The molecule has 0 unspecified atom stereocenters. The molecule has 2 N–H and O–H groups in total. The Hall–Kier alpha value is -3.52. The SMILES string of the molecule is O=C(NN=Cc1ccc(F)cc1)c1ccc(NS(=O)(=O)c2ccccc2)cc1. The molecule has 0 bridgehead atoms. The summed E-state index contributed by atoms with van der Waals surface area (Å²) in [5.41, 5.74) is 3.62. The van der Waals surface area contributed by atoms with E-state index in [9.17, 15) is 17.6 Å². The van der Waals surface area contributed by atoms with Crippen LogP contribution >= 0.6 is 0 Å². The third kappa shape index (κ3) is 5.01. The van der Waals surface area contributed by atoms with E-state index in [1.165, 1.54) is 66.9 Å². The summed E-state index contributed by atoms with van der Waals surface area (Å²) in [7, 11) is -3.70. The van der Waals surface area contributed by atoms with E-state index in [1.54, 1.807) is 18.2 Å². The first-order valence-corrected chi connectivity index (χ1v) is 9.69. The molecule has 28 heavy (non-hydrogen) atoms. The van der Waals surface area contributed by atoms with Gasteiger partial charge in [0.15, 0.2) is 0 Å². The third-order valence-electron chi connectivity index (χ3n) is 3.70. The molecule has 142 valence electrons. The van der Waals surface area contributed by atoms with Gasteiger partial charge in [0.25, 0.3) is 15.9 Å². The highest BCUT2D eigenvalue weighted by Gasteiger charge is 2.13. The molecule has 0 saturated carbocycles. The van der Waals surface area contributed by atoms with Gasteiger partial charge in [-0.05, 0) is 54.1 Å². The molecule has 0 aliphatic rings. The number of rotatable bonds is 6. The van der Waals surface area contributed by atoms with Crippen molar-refractivity contribution in [1.82, 2.24) is 5.43 Å². The van der Waals surface area contributed by atoms with Crippen molar-refractivity contribution in [2.24, 2.45) is 5.10 Å². The minimum absolute atomic E-state index is 0.145. The number of hydrogen-bond acceptors (Lipinski definition) is 4. The average molecular weight is 397 g/mol. The maximum absolute atomic E-state index is 12.8. The van der Waals surface area contributed by atoms with Crippen molar-refractivity contribution in [2.75, 3.05) is 4.72 Å². The molecule has 0 saturated heterocycles. The lowest BCUT2D eigenvalue weighted by Gasteiger charge is -2.08. The second-order valence-electron chi connectivity index (χ2n) is 5.75. The number of amides is 1. The minimum atomic E-state index is -3.70. The van der Waals surface area contributed by atoms with Gasteiger partial charge in [0, 0.05) is 11.3 Å². The van der Waals surface area contributed by atoms with E-state index in [0.717, 1.165) is 0 Å². The predicted octanol–water partition coefficient (Wildman–Crippen LogP) is 3.39. The standard InChI is InChI=1S/C20H16FN3O3S/c21-17-10-6-15(7-11-17)14-22-23-20(25)16-8-12-18(13-9-16)24-28(26,27)19-4-2-1-3-5-19/h1-14,24H,(H,23,25). The van der Waals surface area contributed by atoms with E-state index in [2.05, 4.69) is 15.2 Å². The van der Waals surface area contributed by atoms with Crippen LogP contribution in [0.4, 0.5) is 10.1 Å². The highest BCUT2D eigenvalue weighted by molar-refractivity contribution is 7.92. The van der Waals surface area contributed by atoms with Gasteiger partial charge in [-0.25, -0.2) is 18.2 Å². The van der Waals surface area contributed by atoms with Crippen molar-refractivity contribution in [3.8, 4) is 0 Å². The number of nitrogens with one attached hydrogen (secondary N) is 2. The molecular weight excluding hydrogens is 381 g/mol. The summed E-state index contributed by atoms with van der Waals surface area (Å²) in [5, 5.41) is 3.81. The lowest BCUT2D eigenvalue weighted by Crippen LogP contribution is -2.18. The zero-order valence-electron chi connectivity index (χ0n) is 14.5. The van der Waals surface area contributed by atoms with Crippen LogP contribution in [0.3, 0.4) is 0 Å². The van der Waals surface area contributed by atoms with Gasteiger partial charge in [-0.1, -0.05) is 30.3 Å². The average Bonchev–Trinajstić information content (AvgIpc) is 2.70. The number of sulfonamides is 1. The lowest BCUT2D eigenvalue weighted by molar-refractivity contribution is 0.0955. The van der Waals surface area contributed by atoms with Gasteiger partial charge in [0.1, 0.15) is 5.82 Å². The van der Waals surface area contributed by atoms with Crippen LogP contribution in [0.1, 0.15) is 15.9 Å². The Morgan fingerprint density at radius 1 is 0.893 bits per heavy atom. The van der Waals surface area contributed by atoms with Gasteiger partial charge in [0.2, 0.25) is 0 Å². The second kappa shape index (κ2) is 8.45. The lowest BCUT2D eigenvalue weighted by atomic mass is 10.2. The number of carbonyl (C=O) groups excluding carboxylic acids is 1. The quantitative estimate of drug-likeness (QED) is 0.494. The molecule has 0 atom stereocenters. The van der Waals surface area contributed by atoms with E-state index in [1.807, 2.05) is 0 Å². The monoisotopic (exact) mass is 397 g/mol. The summed E-state index contributed by atoms with van der Waals surface area (Å²) in [6, 6.07) is 19.5. The summed E-state index contributed by atoms with van der Waals surface area (Å²) in [4.78, 5) is 12.2. The molecule has 8 heteroatoms. The molecule has 3 aromatic carbocycles. The zero-order valence-corrected chi connectivity index (χ0v) is 15.4. The van der Waals surface area contributed by atoms with Crippen LogP contribution in [0, 0.1) is 5.82 Å². The van der Waals surface area contributed by atoms with Crippen molar-refractivity contribution < 1.29 is 17.6 Å². The Balaban J connectivity index is 1.62. The molecule has 0 fully saturated rings. The molecule has 0 aliphatic carbocycles. The first-order valence-electron chi connectivity index (χ1n) is 8.21. The Morgan fingerprint density at radius 2 is 1.54 bits per heavy atom. The first-order chi connectivity index (χ1) is 13.4. The minimum Gasteiger partial charge on any atom is -0.280 e. The molecule has 0 aliphatic heterocycles. The predicted molar refractivity (Wildman–Crippen MR) is 105 cm³/mol. The van der Waals surface area contributed by atoms with E-state index >= 15 is 0 Å². The molecule has 6 nitrogen and oxygen atoms in total. The number of anilines is 1. The number of hydrazone groups is 1. The molecule has 3 aromatic rings. The molecule has 3 rings (SSSR count). The van der Waals surface area contributed by atoms with Crippen LogP contribution in [0.15, 0.2) is 88.9 Å². The molecule has 0 spiro atoms. The van der Waals surface area contributed by atoms with Crippen LogP contribution in [-0.2, 0) is 10.0 Å². The third-order valence-corrected chi connectivity index (χ3v) is 5.10. The summed E-state index contributed by atoms with van der Waals surface area (Å²) in [5.74, 6) is -0.819. The fourth-order valence-corrected chi connectivity index (χ4v) is 3.36. The molecule has 1 amide bonds. The van der Waals surface area contributed by atoms with Gasteiger partial charge < -0.3 is 0 Å². The molecule has 0 heterocycles. The fraction of sp³-hybridized carbons (Fsp3) is 0. The van der Waals surface area contributed by atoms with Crippen LogP contribution in [-0.4, -0.2) is 20.5 Å². The first kappa shape index (κ1) is 19.2. The summed E-state index contributed by atoms with van der Waals surface area (Å²) < 4.78 is 39.9. The van der Waals surface area contributed by atoms with Crippen LogP contribution in [0.25, 0.3) is 0 Å². The second-order valence-corrected chi connectivity index (χ2v) is 7.43. The number of nitrogens with zero attached hydrogens (tertiary/aromatic N) is 1. The van der Waals surface area contributed by atoms with Crippen molar-refractivity contribution in [3.63, 3.8) is 0 Å². The van der Waals surface area contributed by atoms with Crippen LogP contribution in [0.2, 0.25) is 0 Å². The Bertz CT molecular complexity index is 1080. The number of benzene rings is 3. The van der Waals surface area contributed by atoms with Crippen molar-refractivity contribution >= 4 is 27.8 Å².